The van der Waals surface area contributed by atoms with Gasteiger partial charge in [-0.1, -0.05) is 57.2 Å². The van der Waals surface area contributed by atoms with Gasteiger partial charge in [0, 0.05) is 38.5 Å². The molecule has 0 saturated carbocycles. The Kier molecular flexibility index (Phi) is 9.21. The summed E-state index contributed by atoms with van der Waals surface area (Å²) in [4.78, 5) is 17.6. The van der Waals surface area contributed by atoms with Crippen LogP contribution in [0.1, 0.15) is 32.8 Å². The molecule has 6 heteroatoms. The number of fused-ring (bicyclic) bond motifs is 1. The van der Waals surface area contributed by atoms with Crippen molar-refractivity contribution in [2.24, 2.45) is 11.8 Å². The molecule has 0 N–H and O–H groups in total. The summed E-state index contributed by atoms with van der Waals surface area (Å²) in [6.45, 7) is 10.4. The van der Waals surface area contributed by atoms with Gasteiger partial charge in [0.2, 0.25) is 5.91 Å². The van der Waals surface area contributed by atoms with Crippen molar-refractivity contribution in [3.63, 3.8) is 0 Å². The summed E-state index contributed by atoms with van der Waals surface area (Å²) in [7, 11) is 2.07. The number of amides is 1. The largest absolute Gasteiger partial charge is 0.495 e. The zero-order chi connectivity index (χ0) is 23.1. The second-order valence-corrected chi connectivity index (χ2v) is 9.93. The van der Waals surface area contributed by atoms with Gasteiger partial charge in [-0.25, -0.2) is 0 Å². The van der Waals surface area contributed by atoms with Crippen LogP contribution in [0.2, 0.25) is 0 Å². The van der Waals surface area contributed by atoms with Crippen molar-refractivity contribution in [1.29, 1.82) is 0 Å². The Morgan fingerprint density at radius 1 is 1.12 bits per heavy atom. The summed E-state index contributed by atoms with van der Waals surface area (Å²) < 4.78 is 11.7. The maximum atomic E-state index is 13.4. The van der Waals surface area contributed by atoms with E-state index < -0.39 is 0 Å². The molecule has 176 valence electrons. The van der Waals surface area contributed by atoms with Crippen LogP contribution in [0.25, 0.3) is 0 Å². The number of rotatable bonds is 9. The first kappa shape index (κ1) is 24.8. The third-order valence-electron chi connectivity index (χ3n) is 5.70. The van der Waals surface area contributed by atoms with Crippen molar-refractivity contribution in [3.8, 4) is 0 Å². The molecule has 0 bridgehead atoms. The van der Waals surface area contributed by atoms with Crippen LogP contribution >= 0.6 is 11.6 Å². The predicted octanol–water partition coefficient (Wildman–Crippen LogP) is 4.48. The molecular weight excluding hydrogens is 424 g/mol. The molecule has 1 heterocycles. The average Bonchev–Trinajstić information content (AvgIpc) is 2.99. The Morgan fingerprint density at radius 3 is 2.59 bits per heavy atom. The maximum absolute atomic E-state index is 13.4. The van der Waals surface area contributed by atoms with Crippen LogP contribution in [0.3, 0.4) is 0 Å². The molecule has 1 aliphatic carbocycles. The summed E-state index contributed by atoms with van der Waals surface area (Å²) in [5, 5.41) is -0.284. The summed E-state index contributed by atoms with van der Waals surface area (Å²) in [5.41, 5.74) is 2.27. The van der Waals surface area contributed by atoms with Crippen molar-refractivity contribution in [1.82, 2.24) is 9.80 Å². The summed E-state index contributed by atoms with van der Waals surface area (Å²) in [5.74, 6) is 1.23. The minimum Gasteiger partial charge on any atom is -0.495 e. The lowest BCUT2D eigenvalue weighted by molar-refractivity contribution is -0.135. The molecule has 0 radical (unpaired) electrons. The second-order valence-electron chi connectivity index (χ2n) is 9.42. The van der Waals surface area contributed by atoms with E-state index in [1.165, 1.54) is 5.56 Å². The zero-order valence-electron chi connectivity index (χ0n) is 19.8. The number of benzene rings is 1. The monoisotopic (exact) mass is 460 g/mol. The Labute approximate surface area is 198 Å². The molecule has 1 saturated heterocycles. The van der Waals surface area contributed by atoms with Crippen molar-refractivity contribution in [3.05, 3.63) is 59.4 Å². The quantitative estimate of drug-likeness (QED) is 0.510. The number of carbonyl (C=O) groups is 1. The lowest BCUT2D eigenvalue weighted by Crippen LogP contribution is -2.42. The number of ether oxygens (including phenoxy) is 2. The third kappa shape index (κ3) is 7.09. The second kappa shape index (κ2) is 11.9. The summed E-state index contributed by atoms with van der Waals surface area (Å²) in [6.07, 6.45) is 4.65. The third-order valence-corrected chi connectivity index (χ3v) is 6.05. The topological polar surface area (TPSA) is 42.0 Å². The number of carbonyl (C=O) groups excluding carboxylic acids is 1. The smallest absolute Gasteiger partial charge is 0.227 e. The van der Waals surface area contributed by atoms with Crippen molar-refractivity contribution >= 4 is 17.5 Å². The van der Waals surface area contributed by atoms with E-state index in [4.69, 9.17) is 21.1 Å². The zero-order valence-corrected chi connectivity index (χ0v) is 20.6. The normalized spacial score (nSPS) is 21.8. The molecule has 0 aromatic heterocycles. The minimum atomic E-state index is -0.284. The van der Waals surface area contributed by atoms with E-state index >= 15 is 0 Å². The lowest BCUT2D eigenvalue weighted by Gasteiger charge is -2.32. The molecule has 0 spiro atoms. The summed E-state index contributed by atoms with van der Waals surface area (Å²) in [6, 6.07) is 10.4. The Morgan fingerprint density at radius 2 is 1.88 bits per heavy atom. The Hall–Kier alpha value is -1.82. The van der Waals surface area contributed by atoms with Crippen molar-refractivity contribution in [2.75, 3.05) is 39.9 Å². The van der Waals surface area contributed by atoms with Crippen LogP contribution in [0.15, 0.2) is 53.8 Å². The van der Waals surface area contributed by atoms with Gasteiger partial charge in [-0.15, -0.1) is 11.6 Å². The molecule has 3 atom stereocenters. The van der Waals surface area contributed by atoms with Crippen LogP contribution in [0.4, 0.5) is 0 Å². The van der Waals surface area contributed by atoms with Crippen LogP contribution in [0, 0.1) is 11.8 Å². The summed E-state index contributed by atoms with van der Waals surface area (Å²) >= 11 is 6.60. The molecular formula is C26H37ClN2O3. The van der Waals surface area contributed by atoms with Gasteiger partial charge in [0.25, 0.3) is 0 Å². The van der Waals surface area contributed by atoms with E-state index in [2.05, 4.69) is 37.9 Å². The molecule has 1 aromatic rings. The fourth-order valence-corrected chi connectivity index (χ4v) is 4.69. The van der Waals surface area contributed by atoms with Crippen LogP contribution in [-0.2, 0) is 20.8 Å². The molecule has 2 aliphatic rings. The van der Waals surface area contributed by atoms with Gasteiger partial charge in [-0.3, -0.25) is 4.79 Å². The molecule has 5 nitrogen and oxygen atoms in total. The molecule has 1 aliphatic heterocycles. The first-order valence-electron chi connectivity index (χ1n) is 11.7. The fourth-order valence-electron chi connectivity index (χ4n) is 4.33. The number of halogens is 1. The SMILES string of the molecule is CC(C)CN(CC1=CC(Cl)C2OCCCOC2=C1)C(=O)C(C)CN(C)Cc1ccccc1. The van der Waals surface area contributed by atoms with E-state index in [0.29, 0.717) is 38.8 Å². The van der Waals surface area contributed by atoms with E-state index in [0.717, 1.165) is 24.3 Å². The van der Waals surface area contributed by atoms with Gasteiger partial charge in [0.15, 0.2) is 0 Å². The van der Waals surface area contributed by atoms with Gasteiger partial charge < -0.3 is 19.3 Å². The predicted molar refractivity (Wildman–Crippen MR) is 129 cm³/mol. The van der Waals surface area contributed by atoms with Gasteiger partial charge in [0.1, 0.15) is 11.9 Å². The van der Waals surface area contributed by atoms with E-state index in [-0.39, 0.29) is 23.3 Å². The molecule has 3 unspecified atom stereocenters. The first-order valence-corrected chi connectivity index (χ1v) is 12.1. The van der Waals surface area contributed by atoms with Crippen LogP contribution in [0.5, 0.6) is 0 Å². The highest BCUT2D eigenvalue weighted by Crippen LogP contribution is 2.29. The first-order chi connectivity index (χ1) is 15.3. The molecule has 32 heavy (non-hydrogen) atoms. The maximum Gasteiger partial charge on any atom is 0.227 e. The molecule has 1 amide bonds. The highest BCUT2D eigenvalue weighted by Gasteiger charge is 2.31. The Balaban J connectivity index is 1.65. The molecule has 3 rings (SSSR count). The van der Waals surface area contributed by atoms with E-state index in [9.17, 15) is 4.79 Å². The standard InChI is InChI=1S/C26H37ClN2O3/c1-19(2)15-29(18-22-13-23(27)25-24(14-22)31-11-8-12-32-25)26(30)20(3)16-28(4)17-21-9-6-5-7-10-21/h5-7,9-10,13-14,19-20,23,25H,8,11-12,15-18H2,1-4H3. The van der Waals surface area contributed by atoms with E-state index in [1.54, 1.807) is 0 Å². The number of alkyl halides is 1. The van der Waals surface area contributed by atoms with Gasteiger partial charge in [-0.2, -0.15) is 0 Å². The lowest BCUT2D eigenvalue weighted by atomic mass is 10.0. The number of hydrogen-bond donors (Lipinski definition) is 0. The van der Waals surface area contributed by atoms with Crippen LogP contribution < -0.4 is 0 Å². The highest BCUT2D eigenvalue weighted by molar-refractivity contribution is 6.22. The number of nitrogens with zero attached hydrogens (tertiary/aromatic N) is 2. The molecule has 1 aromatic carbocycles. The Bertz CT molecular complexity index is 809. The average molecular weight is 461 g/mol. The van der Waals surface area contributed by atoms with E-state index in [1.807, 2.05) is 42.2 Å². The minimum absolute atomic E-state index is 0.101. The van der Waals surface area contributed by atoms with Crippen LogP contribution in [-0.4, -0.2) is 67.1 Å². The fraction of sp³-hybridized carbons (Fsp3) is 0.577. The number of hydrogen-bond acceptors (Lipinski definition) is 4. The van der Waals surface area contributed by atoms with Gasteiger partial charge in [-0.05, 0) is 30.2 Å². The van der Waals surface area contributed by atoms with Gasteiger partial charge >= 0.3 is 0 Å². The molecule has 1 fully saturated rings. The van der Waals surface area contributed by atoms with Gasteiger partial charge in [0.05, 0.1) is 18.6 Å². The van der Waals surface area contributed by atoms with Crippen molar-refractivity contribution in [2.45, 2.75) is 45.2 Å². The highest BCUT2D eigenvalue weighted by atomic mass is 35.5. The van der Waals surface area contributed by atoms with Crippen molar-refractivity contribution < 1.29 is 14.3 Å².